The molecule has 21 heavy (non-hydrogen) atoms. The molecule has 0 aromatic heterocycles. The highest BCUT2D eigenvalue weighted by atomic mass is 16.5. The van der Waals surface area contributed by atoms with Crippen LogP contribution in [0.2, 0.25) is 0 Å². The van der Waals surface area contributed by atoms with Crippen LogP contribution in [0.4, 0.5) is 0 Å². The molecule has 0 radical (unpaired) electrons. The Morgan fingerprint density at radius 1 is 1.10 bits per heavy atom. The molecule has 4 saturated carbocycles. The summed E-state index contributed by atoms with van der Waals surface area (Å²) in [7, 11) is 1.60. The van der Waals surface area contributed by atoms with Crippen LogP contribution in [0, 0.1) is 17.8 Å². The zero-order valence-electron chi connectivity index (χ0n) is 12.8. The average molecular weight is 284 g/mol. The monoisotopic (exact) mass is 284 g/mol. The van der Waals surface area contributed by atoms with Crippen LogP contribution < -0.4 is 0 Å². The van der Waals surface area contributed by atoms with Crippen molar-refractivity contribution in [1.29, 1.82) is 0 Å². The number of Topliss-reactive ketones (excluding diaryl/α,β-unsaturated/α-hetero) is 1. The second-order valence-corrected chi connectivity index (χ2v) is 7.60. The van der Waals surface area contributed by atoms with Crippen LogP contribution in [0.25, 0.3) is 0 Å². The van der Waals surface area contributed by atoms with Crippen LogP contribution in [-0.2, 0) is 10.2 Å². The molecule has 0 spiro atoms. The first-order valence-corrected chi connectivity index (χ1v) is 8.32. The molecule has 1 aromatic rings. The topological polar surface area (TPSA) is 26.3 Å². The smallest absolute Gasteiger partial charge is 0.188 e. The lowest BCUT2D eigenvalue weighted by Gasteiger charge is -2.57. The molecule has 0 amide bonds. The van der Waals surface area contributed by atoms with Crippen LogP contribution in [0.5, 0.6) is 0 Å². The van der Waals surface area contributed by atoms with Crippen LogP contribution >= 0.6 is 0 Å². The van der Waals surface area contributed by atoms with Crippen molar-refractivity contribution in [3.8, 4) is 0 Å². The van der Waals surface area contributed by atoms with E-state index in [0.29, 0.717) is 0 Å². The van der Waals surface area contributed by atoms with Gasteiger partial charge in [-0.25, -0.2) is 0 Å². The molecular weight excluding hydrogens is 260 g/mol. The molecule has 2 heteroatoms. The lowest BCUT2D eigenvalue weighted by Crippen LogP contribution is -2.49. The summed E-state index contributed by atoms with van der Waals surface area (Å²) in [5.74, 6) is 2.86. The van der Waals surface area contributed by atoms with Gasteiger partial charge in [0.2, 0.25) is 0 Å². The summed E-state index contributed by atoms with van der Waals surface area (Å²) in [4.78, 5) is 12.4. The molecule has 4 aliphatic rings. The number of ketones is 1. The minimum absolute atomic E-state index is 0.142. The Bertz CT molecular complexity index is 525. The Balaban J connectivity index is 1.75. The third-order valence-corrected chi connectivity index (χ3v) is 6.11. The van der Waals surface area contributed by atoms with Gasteiger partial charge in [0.1, 0.15) is 6.61 Å². The molecule has 0 heterocycles. The molecule has 0 atom stereocenters. The predicted octanol–water partition coefficient (Wildman–Crippen LogP) is 3.98. The maximum absolute atomic E-state index is 12.4. The van der Waals surface area contributed by atoms with Gasteiger partial charge in [-0.2, -0.15) is 0 Å². The maximum atomic E-state index is 12.4. The van der Waals surface area contributed by atoms with Crippen LogP contribution in [0.15, 0.2) is 24.3 Å². The van der Waals surface area contributed by atoms with E-state index in [1.54, 1.807) is 7.11 Å². The fourth-order valence-corrected chi connectivity index (χ4v) is 5.84. The Kier molecular flexibility index (Phi) is 3.18. The Hall–Kier alpha value is -1.15. The van der Waals surface area contributed by atoms with Gasteiger partial charge >= 0.3 is 0 Å². The first-order valence-electron chi connectivity index (χ1n) is 8.32. The molecule has 2 nitrogen and oxygen atoms in total. The van der Waals surface area contributed by atoms with Crippen molar-refractivity contribution in [1.82, 2.24) is 0 Å². The van der Waals surface area contributed by atoms with Gasteiger partial charge in [-0.15, -0.1) is 0 Å². The van der Waals surface area contributed by atoms with E-state index in [1.807, 2.05) is 12.1 Å². The number of ether oxygens (including phenoxy) is 1. The average Bonchev–Trinajstić information content (AvgIpc) is 2.46. The first-order chi connectivity index (χ1) is 10.2. The number of hydrogen-bond acceptors (Lipinski definition) is 2. The van der Waals surface area contributed by atoms with E-state index in [0.717, 1.165) is 23.3 Å². The summed E-state index contributed by atoms with van der Waals surface area (Å²) in [6.07, 6.45) is 8.22. The van der Waals surface area contributed by atoms with E-state index in [-0.39, 0.29) is 17.8 Å². The van der Waals surface area contributed by atoms with Crippen LogP contribution in [0.1, 0.15) is 54.4 Å². The zero-order chi connectivity index (χ0) is 14.4. The molecule has 112 valence electrons. The van der Waals surface area contributed by atoms with Gasteiger partial charge in [-0.05, 0) is 67.3 Å². The van der Waals surface area contributed by atoms with Gasteiger partial charge in [0.15, 0.2) is 5.78 Å². The van der Waals surface area contributed by atoms with Gasteiger partial charge in [-0.1, -0.05) is 24.3 Å². The van der Waals surface area contributed by atoms with Gasteiger partial charge in [0.25, 0.3) is 0 Å². The summed E-state index contributed by atoms with van der Waals surface area (Å²) in [6.45, 7) is 0.198. The highest BCUT2D eigenvalue weighted by Gasteiger charge is 2.52. The lowest BCUT2D eigenvalue weighted by molar-refractivity contribution is -0.00559. The van der Waals surface area contributed by atoms with Crippen LogP contribution in [0.3, 0.4) is 0 Å². The molecule has 0 aliphatic heterocycles. The molecule has 0 unspecified atom stereocenters. The summed E-state index contributed by atoms with van der Waals surface area (Å²) in [5, 5.41) is 0. The van der Waals surface area contributed by atoms with Gasteiger partial charge in [0.05, 0.1) is 0 Å². The largest absolute Gasteiger partial charge is 0.377 e. The second kappa shape index (κ2) is 4.95. The molecule has 4 fully saturated rings. The Labute approximate surface area is 126 Å². The van der Waals surface area contributed by atoms with Gasteiger partial charge in [-0.3, -0.25) is 4.79 Å². The van der Waals surface area contributed by atoms with E-state index < -0.39 is 0 Å². The van der Waals surface area contributed by atoms with E-state index in [9.17, 15) is 4.79 Å². The quantitative estimate of drug-likeness (QED) is 0.782. The SMILES string of the molecule is COCC(=O)c1ccccc1C12CC3CC(CC(C3)C1)C2. The molecule has 4 aliphatic carbocycles. The number of hydrogen-bond donors (Lipinski definition) is 0. The zero-order valence-corrected chi connectivity index (χ0v) is 12.8. The van der Waals surface area contributed by atoms with Gasteiger partial charge in [0, 0.05) is 12.7 Å². The number of methoxy groups -OCH3 is 1. The molecule has 1 aromatic carbocycles. The lowest BCUT2D eigenvalue weighted by atomic mass is 9.47. The number of benzene rings is 1. The van der Waals surface area contributed by atoms with Gasteiger partial charge < -0.3 is 4.74 Å². The number of carbonyl (C=O) groups excluding carboxylic acids is 1. The van der Waals surface area contributed by atoms with E-state index >= 15 is 0 Å². The van der Waals surface area contributed by atoms with E-state index in [4.69, 9.17) is 4.74 Å². The van der Waals surface area contributed by atoms with Crippen molar-refractivity contribution in [2.75, 3.05) is 13.7 Å². The van der Waals surface area contributed by atoms with E-state index in [1.165, 1.54) is 44.1 Å². The minimum Gasteiger partial charge on any atom is -0.377 e. The third-order valence-electron chi connectivity index (χ3n) is 6.11. The normalized spacial score (nSPS) is 36.9. The first kappa shape index (κ1) is 13.5. The van der Waals surface area contributed by atoms with Crippen molar-refractivity contribution >= 4 is 5.78 Å². The molecule has 4 bridgehead atoms. The predicted molar refractivity (Wildman–Crippen MR) is 82.5 cm³/mol. The Morgan fingerprint density at radius 3 is 2.24 bits per heavy atom. The minimum atomic E-state index is 0.142. The van der Waals surface area contributed by atoms with Crippen molar-refractivity contribution in [2.24, 2.45) is 17.8 Å². The number of rotatable bonds is 4. The summed E-state index contributed by atoms with van der Waals surface area (Å²) in [6, 6.07) is 8.33. The summed E-state index contributed by atoms with van der Waals surface area (Å²) in [5.41, 5.74) is 2.53. The third kappa shape index (κ3) is 2.15. The highest BCUT2D eigenvalue weighted by Crippen LogP contribution is 2.61. The molecular formula is C19H24O2. The molecule has 0 saturated heterocycles. The Morgan fingerprint density at radius 2 is 1.67 bits per heavy atom. The highest BCUT2D eigenvalue weighted by molar-refractivity contribution is 5.98. The van der Waals surface area contributed by atoms with Crippen molar-refractivity contribution in [2.45, 2.75) is 43.9 Å². The van der Waals surface area contributed by atoms with E-state index in [2.05, 4.69) is 12.1 Å². The fourth-order valence-electron chi connectivity index (χ4n) is 5.84. The van der Waals surface area contributed by atoms with Crippen molar-refractivity contribution < 1.29 is 9.53 Å². The second-order valence-electron chi connectivity index (χ2n) is 7.60. The van der Waals surface area contributed by atoms with Crippen molar-refractivity contribution in [3.05, 3.63) is 35.4 Å². The summed E-state index contributed by atoms with van der Waals surface area (Å²) < 4.78 is 5.08. The fraction of sp³-hybridized carbons (Fsp3) is 0.632. The molecule has 0 N–H and O–H groups in total. The molecule has 5 rings (SSSR count). The summed E-state index contributed by atoms with van der Waals surface area (Å²) >= 11 is 0. The maximum Gasteiger partial charge on any atom is 0.188 e. The number of carbonyl (C=O) groups is 1. The standard InChI is InChI=1S/C19H24O2/c1-21-12-18(20)16-4-2-3-5-17(16)19-9-13-6-14(10-19)8-15(7-13)11-19/h2-5,13-15H,6-12H2,1H3. The van der Waals surface area contributed by atoms with Crippen LogP contribution in [-0.4, -0.2) is 19.5 Å². The van der Waals surface area contributed by atoms with Crippen molar-refractivity contribution in [3.63, 3.8) is 0 Å².